The Morgan fingerprint density at radius 3 is 2.58 bits per heavy atom. The van der Waals surface area contributed by atoms with Crippen molar-refractivity contribution in [3.63, 3.8) is 0 Å². The molecule has 1 atom stereocenters. The number of imidazole rings is 1. The molecular formula is C15H21N3O. The summed E-state index contributed by atoms with van der Waals surface area (Å²) in [7, 11) is 1.77. The van der Waals surface area contributed by atoms with E-state index in [1.54, 1.807) is 22.4 Å². The van der Waals surface area contributed by atoms with Gasteiger partial charge in [-0.25, -0.2) is 4.79 Å². The smallest absolute Gasteiger partial charge is 0.309 e. The van der Waals surface area contributed by atoms with Gasteiger partial charge in [-0.2, -0.15) is 0 Å². The monoisotopic (exact) mass is 259 g/mol. The van der Waals surface area contributed by atoms with Crippen LogP contribution >= 0.6 is 0 Å². The quantitative estimate of drug-likeness (QED) is 0.890. The molecule has 1 unspecified atom stereocenters. The third-order valence-corrected chi connectivity index (χ3v) is 3.41. The molecule has 0 saturated heterocycles. The van der Waals surface area contributed by atoms with Crippen molar-refractivity contribution in [1.29, 1.82) is 0 Å². The van der Waals surface area contributed by atoms with Gasteiger partial charge in [-0.3, -0.25) is 4.57 Å². The van der Waals surface area contributed by atoms with Crippen LogP contribution in [0.5, 0.6) is 0 Å². The molecular weight excluding hydrogens is 238 g/mol. The molecule has 2 aromatic rings. The van der Waals surface area contributed by atoms with Gasteiger partial charge in [0.15, 0.2) is 0 Å². The molecule has 102 valence electrons. The Bertz CT molecular complexity index is 597. The maximum atomic E-state index is 11.9. The van der Waals surface area contributed by atoms with Crippen LogP contribution in [0.1, 0.15) is 24.1 Å². The molecule has 0 bridgehead atoms. The van der Waals surface area contributed by atoms with Gasteiger partial charge in [0, 0.05) is 26.0 Å². The highest BCUT2D eigenvalue weighted by atomic mass is 16.1. The van der Waals surface area contributed by atoms with Crippen molar-refractivity contribution in [2.24, 2.45) is 7.05 Å². The van der Waals surface area contributed by atoms with Gasteiger partial charge in [0.1, 0.15) is 0 Å². The second-order valence-corrected chi connectivity index (χ2v) is 4.81. The summed E-state index contributed by atoms with van der Waals surface area (Å²) in [5.74, 6) is 0. The van der Waals surface area contributed by atoms with Crippen molar-refractivity contribution in [1.82, 2.24) is 14.5 Å². The van der Waals surface area contributed by atoms with Crippen LogP contribution < -0.4 is 11.0 Å². The van der Waals surface area contributed by atoms with Crippen LogP contribution in [0.4, 0.5) is 0 Å². The number of hydrogen-bond acceptors (Lipinski definition) is 2. The van der Waals surface area contributed by atoms with E-state index in [0.29, 0.717) is 6.54 Å². The van der Waals surface area contributed by atoms with E-state index in [2.05, 4.69) is 31.3 Å². The lowest BCUT2D eigenvalue weighted by Gasteiger charge is -2.20. The lowest BCUT2D eigenvalue weighted by Crippen LogP contribution is -2.31. The van der Waals surface area contributed by atoms with Crippen LogP contribution in [-0.2, 0) is 13.6 Å². The van der Waals surface area contributed by atoms with Gasteiger partial charge in [0.25, 0.3) is 0 Å². The van der Waals surface area contributed by atoms with Gasteiger partial charge < -0.3 is 9.88 Å². The Hall–Kier alpha value is -1.81. The molecule has 1 aromatic heterocycles. The third-order valence-electron chi connectivity index (χ3n) is 3.41. The summed E-state index contributed by atoms with van der Waals surface area (Å²) in [6.45, 7) is 5.71. The molecule has 0 aliphatic carbocycles. The van der Waals surface area contributed by atoms with Gasteiger partial charge in [0.2, 0.25) is 0 Å². The normalized spacial score (nSPS) is 12.6. The van der Waals surface area contributed by atoms with E-state index in [-0.39, 0.29) is 11.7 Å². The largest absolute Gasteiger partial charge is 0.327 e. The maximum Gasteiger partial charge on any atom is 0.327 e. The molecule has 4 heteroatoms. The first kappa shape index (κ1) is 13.6. The number of hydrogen-bond donors (Lipinski definition) is 1. The lowest BCUT2D eigenvalue weighted by atomic mass is 10.0. The molecule has 1 aromatic carbocycles. The number of nitrogens with one attached hydrogen (secondary N) is 1. The van der Waals surface area contributed by atoms with E-state index in [1.807, 2.05) is 18.3 Å². The first-order valence-electron chi connectivity index (χ1n) is 6.64. The van der Waals surface area contributed by atoms with Crippen molar-refractivity contribution in [2.75, 3.05) is 6.54 Å². The predicted molar refractivity (Wildman–Crippen MR) is 77.3 cm³/mol. The topological polar surface area (TPSA) is 39.0 Å². The highest BCUT2D eigenvalue weighted by molar-refractivity contribution is 5.28. The van der Waals surface area contributed by atoms with Crippen molar-refractivity contribution >= 4 is 0 Å². The predicted octanol–water partition coefficient (Wildman–Crippen LogP) is 1.85. The van der Waals surface area contributed by atoms with E-state index in [9.17, 15) is 4.79 Å². The third kappa shape index (κ3) is 2.96. The highest BCUT2D eigenvalue weighted by Gasteiger charge is 2.14. The van der Waals surface area contributed by atoms with Crippen molar-refractivity contribution in [3.8, 4) is 0 Å². The Kier molecular flexibility index (Phi) is 4.22. The molecule has 2 rings (SSSR count). The molecule has 0 fully saturated rings. The van der Waals surface area contributed by atoms with E-state index in [4.69, 9.17) is 0 Å². The second-order valence-electron chi connectivity index (χ2n) is 4.81. The number of benzene rings is 1. The minimum absolute atomic E-state index is 0.0245. The molecule has 0 saturated carbocycles. The fraction of sp³-hybridized carbons (Fsp3) is 0.400. The summed E-state index contributed by atoms with van der Waals surface area (Å²) in [4.78, 5) is 11.9. The molecule has 0 spiro atoms. The molecule has 0 radical (unpaired) electrons. The average Bonchev–Trinajstić information content (AvgIpc) is 2.71. The van der Waals surface area contributed by atoms with Gasteiger partial charge in [-0.1, -0.05) is 31.2 Å². The minimum atomic E-state index is 0.0245. The zero-order chi connectivity index (χ0) is 13.8. The van der Waals surface area contributed by atoms with Gasteiger partial charge in [-0.05, 0) is 24.6 Å². The van der Waals surface area contributed by atoms with Crippen molar-refractivity contribution in [3.05, 3.63) is 58.3 Å². The Balaban J connectivity index is 2.29. The summed E-state index contributed by atoms with van der Waals surface area (Å²) >= 11 is 0. The molecule has 1 N–H and O–H groups in total. The Morgan fingerprint density at radius 1 is 1.26 bits per heavy atom. The molecule has 4 nitrogen and oxygen atoms in total. The SMILES string of the molecule is CCNC(Cn1ccn(C)c1=O)c1ccccc1C. The second kappa shape index (κ2) is 5.89. The van der Waals surface area contributed by atoms with Crippen LogP contribution in [0.3, 0.4) is 0 Å². The number of likely N-dealkylation sites (N-methyl/N-ethyl adjacent to an activating group) is 1. The maximum absolute atomic E-state index is 11.9. The summed E-state index contributed by atoms with van der Waals surface area (Å²) < 4.78 is 3.35. The minimum Gasteiger partial charge on any atom is -0.309 e. The van der Waals surface area contributed by atoms with E-state index >= 15 is 0 Å². The number of aromatic nitrogens is 2. The molecule has 0 aliphatic rings. The van der Waals surface area contributed by atoms with Crippen LogP contribution in [0.15, 0.2) is 41.5 Å². The van der Waals surface area contributed by atoms with Crippen LogP contribution in [0.25, 0.3) is 0 Å². The Morgan fingerprint density at radius 2 is 2.00 bits per heavy atom. The first-order valence-corrected chi connectivity index (χ1v) is 6.64. The lowest BCUT2D eigenvalue weighted by molar-refractivity contribution is 0.463. The van der Waals surface area contributed by atoms with E-state index in [1.165, 1.54) is 11.1 Å². The van der Waals surface area contributed by atoms with Gasteiger partial charge in [0.05, 0.1) is 6.04 Å². The molecule has 0 aliphatic heterocycles. The Labute approximate surface area is 113 Å². The number of nitrogens with zero attached hydrogens (tertiary/aromatic N) is 2. The highest BCUT2D eigenvalue weighted by Crippen LogP contribution is 2.18. The van der Waals surface area contributed by atoms with Crippen LogP contribution in [0, 0.1) is 6.92 Å². The van der Waals surface area contributed by atoms with E-state index < -0.39 is 0 Å². The van der Waals surface area contributed by atoms with Crippen LogP contribution in [0.2, 0.25) is 0 Å². The summed E-state index contributed by atoms with van der Waals surface area (Å²) in [5, 5.41) is 3.46. The fourth-order valence-electron chi connectivity index (χ4n) is 2.34. The standard InChI is InChI=1S/C15H21N3O/c1-4-16-14(13-8-6-5-7-12(13)2)11-18-10-9-17(3)15(18)19/h5-10,14,16H,4,11H2,1-3H3. The molecule has 0 amide bonds. The van der Waals surface area contributed by atoms with Gasteiger partial charge >= 0.3 is 5.69 Å². The average molecular weight is 259 g/mol. The number of aryl methyl sites for hydroxylation is 2. The molecule has 1 heterocycles. The fourth-order valence-corrected chi connectivity index (χ4v) is 2.34. The number of rotatable bonds is 5. The van der Waals surface area contributed by atoms with Crippen molar-refractivity contribution < 1.29 is 0 Å². The molecule has 19 heavy (non-hydrogen) atoms. The van der Waals surface area contributed by atoms with Crippen LogP contribution in [-0.4, -0.2) is 15.7 Å². The summed E-state index contributed by atoms with van der Waals surface area (Å²) in [6.07, 6.45) is 3.63. The summed E-state index contributed by atoms with van der Waals surface area (Å²) in [6, 6.07) is 8.47. The summed E-state index contributed by atoms with van der Waals surface area (Å²) in [5.41, 5.74) is 2.52. The zero-order valence-electron chi connectivity index (χ0n) is 11.8. The van der Waals surface area contributed by atoms with E-state index in [0.717, 1.165) is 6.54 Å². The van der Waals surface area contributed by atoms with Gasteiger partial charge in [-0.15, -0.1) is 0 Å². The van der Waals surface area contributed by atoms with Crippen molar-refractivity contribution in [2.45, 2.75) is 26.4 Å². The zero-order valence-corrected chi connectivity index (χ0v) is 11.8. The first-order chi connectivity index (χ1) is 9.13.